The number of cyclic esters (lactones) is 1. The highest BCUT2D eigenvalue weighted by molar-refractivity contribution is 5.96. The molecule has 3 heterocycles. The number of nitrogens with one attached hydrogen (secondary N) is 2. The van der Waals surface area contributed by atoms with Gasteiger partial charge in [0.25, 0.3) is 5.91 Å². The van der Waals surface area contributed by atoms with Crippen molar-refractivity contribution in [3.05, 3.63) is 35.9 Å². The molecule has 5 amide bonds. The molecule has 32 heavy (non-hydrogen) atoms. The van der Waals surface area contributed by atoms with Crippen molar-refractivity contribution in [1.29, 1.82) is 0 Å². The Balaban J connectivity index is 1.53. The molecule has 1 aromatic rings. The maximum atomic E-state index is 13.3. The first-order chi connectivity index (χ1) is 15.3. The van der Waals surface area contributed by atoms with Crippen molar-refractivity contribution < 1.29 is 28.7 Å². The van der Waals surface area contributed by atoms with Crippen LogP contribution in [0.1, 0.15) is 43.0 Å². The molecule has 0 radical (unpaired) electrons. The van der Waals surface area contributed by atoms with Crippen molar-refractivity contribution >= 4 is 29.7 Å². The molecule has 11 nitrogen and oxygen atoms in total. The first-order valence-corrected chi connectivity index (χ1v) is 10.6. The lowest BCUT2D eigenvalue weighted by Gasteiger charge is -2.43. The number of carbonyl (C=O) groups excluding carboxylic acids is 5. The van der Waals surface area contributed by atoms with E-state index in [0.29, 0.717) is 24.9 Å². The standard InChI is InChI=1S/C21H25N5O6/c1-13-15(12-18(28)32-13)22-20(30)16-8-5-10-25-17(27)9-11-24(21(31)26(16)25)23-19(29)14-6-3-2-4-7-14/h2-4,6-7,13,15-16H,5,8-12H2,1H3,(H,22,30)(H,23,29). The first-order valence-electron chi connectivity index (χ1n) is 10.6. The molecule has 2 N–H and O–H groups in total. The summed E-state index contributed by atoms with van der Waals surface area (Å²) < 4.78 is 5.08. The smallest absolute Gasteiger partial charge is 0.358 e. The minimum Gasteiger partial charge on any atom is -0.460 e. The number of nitrogens with zero attached hydrogens (tertiary/aromatic N) is 3. The fourth-order valence-corrected chi connectivity index (χ4v) is 4.12. The molecule has 3 atom stereocenters. The number of esters is 1. The van der Waals surface area contributed by atoms with E-state index in [2.05, 4.69) is 10.7 Å². The Hall–Kier alpha value is -3.63. The van der Waals surface area contributed by atoms with Crippen LogP contribution in [0.2, 0.25) is 0 Å². The Labute approximate surface area is 184 Å². The van der Waals surface area contributed by atoms with Crippen molar-refractivity contribution in [3.8, 4) is 0 Å². The maximum Gasteiger partial charge on any atom is 0.358 e. The van der Waals surface area contributed by atoms with E-state index < -0.39 is 42.0 Å². The Bertz CT molecular complexity index is 938. The van der Waals surface area contributed by atoms with E-state index in [0.717, 1.165) is 10.0 Å². The van der Waals surface area contributed by atoms with Gasteiger partial charge in [0.15, 0.2) is 0 Å². The van der Waals surface area contributed by atoms with E-state index in [-0.39, 0.29) is 25.3 Å². The van der Waals surface area contributed by atoms with Crippen molar-refractivity contribution in [2.75, 3.05) is 13.1 Å². The molecule has 0 spiro atoms. The normalized spacial score (nSPS) is 25.7. The third-order valence-corrected chi connectivity index (χ3v) is 5.84. The zero-order valence-corrected chi connectivity index (χ0v) is 17.7. The highest BCUT2D eigenvalue weighted by Crippen LogP contribution is 2.24. The molecule has 3 aliphatic rings. The molecule has 1 aromatic carbocycles. The summed E-state index contributed by atoms with van der Waals surface area (Å²) in [4.78, 5) is 63.2. The maximum absolute atomic E-state index is 13.3. The van der Waals surface area contributed by atoms with E-state index in [9.17, 15) is 24.0 Å². The summed E-state index contributed by atoms with van der Waals surface area (Å²) in [6.07, 6.45) is 0.467. The molecular weight excluding hydrogens is 418 g/mol. The summed E-state index contributed by atoms with van der Waals surface area (Å²) in [6, 6.07) is 6.28. The SMILES string of the molecule is CC1OC(=O)CC1NC(=O)C1CCCN2C(=O)CCN(NC(=O)c3ccccc3)C(=O)N12. The Morgan fingerprint density at radius 3 is 2.53 bits per heavy atom. The quantitative estimate of drug-likeness (QED) is 0.639. The number of hydrogen-bond acceptors (Lipinski definition) is 6. The van der Waals surface area contributed by atoms with Gasteiger partial charge in [0.1, 0.15) is 12.1 Å². The molecule has 0 aliphatic carbocycles. The van der Waals surface area contributed by atoms with Gasteiger partial charge in [0, 0.05) is 18.5 Å². The van der Waals surface area contributed by atoms with E-state index in [1.165, 1.54) is 5.01 Å². The summed E-state index contributed by atoms with van der Waals surface area (Å²) in [5.74, 6) is -1.67. The minimum atomic E-state index is -0.947. The molecule has 3 unspecified atom stereocenters. The lowest BCUT2D eigenvalue weighted by molar-refractivity contribution is -0.155. The molecule has 0 aromatic heterocycles. The molecular formula is C21H25N5O6. The highest BCUT2D eigenvalue weighted by Gasteiger charge is 2.45. The van der Waals surface area contributed by atoms with Crippen molar-refractivity contribution in [2.24, 2.45) is 0 Å². The fraction of sp³-hybridized carbons (Fsp3) is 0.476. The van der Waals surface area contributed by atoms with Crippen LogP contribution in [0, 0.1) is 0 Å². The zero-order chi connectivity index (χ0) is 22.8. The van der Waals surface area contributed by atoms with Gasteiger partial charge in [-0.15, -0.1) is 0 Å². The van der Waals surface area contributed by atoms with Crippen LogP contribution in [0.3, 0.4) is 0 Å². The predicted octanol–water partition coefficient (Wildman–Crippen LogP) is 0.185. The average molecular weight is 443 g/mol. The van der Waals surface area contributed by atoms with Gasteiger partial charge in [0.2, 0.25) is 11.8 Å². The third kappa shape index (κ3) is 4.23. The molecule has 4 rings (SSSR count). The second-order valence-corrected chi connectivity index (χ2v) is 8.02. The predicted molar refractivity (Wildman–Crippen MR) is 109 cm³/mol. The van der Waals surface area contributed by atoms with Crippen molar-refractivity contribution in [2.45, 2.75) is 50.8 Å². The molecule has 3 saturated heterocycles. The highest BCUT2D eigenvalue weighted by atomic mass is 16.6. The van der Waals surface area contributed by atoms with Gasteiger partial charge in [-0.1, -0.05) is 18.2 Å². The number of amides is 5. The molecule has 0 saturated carbocycles. The lowest BCUT2D eigenvalue weighted by atomic mass is 10.1. The van der Waals surface area contributed by atoms with Gasteiger partial charge in [0.05, 0.1) is 19.0 Å². The summed E-state index contributed by atoms with van der Waals surface area (Å²) in [5, 5.41) is 6.26. The number of rotatable bonds is 4. The Morgan fingerprint density at radius 1 is 1.09 bits per heavy atom. The van der Waals surface area contributed by atoms with Gasteiger partial charge in [-0.25, -0.2) is 19.8 Å². The van der Waals surface area contributed by atoms with Crippen LogP contribution in [0.5, 0.6) is 0 Å². The molecule has 3 fully saturated rings. The van der Waals surface area contributed by atoms with E-state index in [1.54, 1.807) is 37.3 Å². The van der Waals surface area contributed by atoms with E-state index in [4.69, 9.17) is 4.74 Å². The monoisotopic (exact) mass is 443 g/mol. The van der Waals surface area contributed by atoms with Gasteiger partial charge in [-0.05, 0) is 31.9 Å². The number of urea groups is 1. The molecule has 3 aliphatic heterocycles. The fourth-order valence-electron chi connectivity index (χ4n) is 4.12. The van der Waals surface area contributed by atoms with Crippen LogP contribution < -0.4 is 10.7 Å². The third-order valence-electron chi connectivity index (χ3n) is 5.84. The lowest BCUT2D eigenvalue weighted by Crippen LogP contribution is -2.65. The van der Waals surface area contributed by atoms with Crippen LogP contribution in [-0.4, -0.2) is 76.0 Å². The molecule has 11 heteroatoms. The second-order valence-electron chi connectivity index (χ2n) is 8.02. The first kappa shape index (κ1) is 21.6. The summed E-state index contributed by atoms with van der Waals surface area (Å²) >= 11 is 0. The van der Waals surface area contributed by atoms with Crippen molar-refractivity contribution in [3.63, 3.8) is 0 Å². The largest absolute Gasteiger partial charge is 0.460 e. The second kappa shape index (κ2) is 8.85. The number of carbonyl (C=O) groups is 5. The minimum absolute atomic E-state index is 0.00759. The van der Waals surface area contributed by atoms with Crippen LogP contribution in [-0.2, 0) is 19.1 Å². The molecule has 0 bridgehead atoms. The molecule has 170 valence electrons. The van der Waals surface area contributed by atoms with Gasteiger partial charge < -0.3 is 10.1 Å². The van der Waals surface area contributed by atoms with Gasteiger partial charge in [-0.3, -0.25) is 24.6 Å². The van der Waals surface area contributed by atoms with E-state index in [1.807, 2.05) is 0 Å². The van der Waals surface area contributed by atoms with E-state index >= 15 is 0 Å². The summed E-state index contributed by atoms with van der Waals surface area (Å²) in [7, 11) is 0. The number of ether oxygens (including phenoxy) is 1. The van der Waals surface area contributed by atoms with Crippen molar-refractivity contribution in [1.82, 2.24) is 25.8 Å². The number of benzene rings is 1. The number of hydrazine groups is 2. The summed E-state index contributed by atoms with van der Waals surface area (Å²) in [6.45, 7) is 1.97. The number of hydrogen-bond donors (Lipinski definition) is 2. The average Bonchev–Trinajstić information content (AvgIpc) is 3.05. The van der Waals surface area contributed by atoms with Crippen LogP contribution in [0.4, 0.5) is 4.79 Å². The summed E-state index contributed by atoms with van der Waals surface area (Å²) in [5.41, 5.74) is 2.91. The van der Waals surface area contributed by atoms with Crippen LogP contribution in [0.25, 0.3) is 0 Å². The van der Waals surface area contributed by atoms with Crippen LogP contribution >= 0.6 is 0 Å². The van der Waals surface area contributed by atoms with Crippen LogP contribution in [0.15, 0.2) is 30.3 Å². The zero-order valence-electron chi connectivity index (χ0n) is 17.7. The Kier molecular flexibility index (Phi) is 5.97. The van der Waals surface area contributed by atoms with Gasteiger partial charge >= 0.3 is 12.0 Å². The topological polar surface area (TPSA) is 128 Å². The van der Waals surface area contributed by atoms with Gasteiger partial charge in [-0.2, -0.15) is 0 Å². The number of fused-ring (bicyclic) bond motifs is 1. The Morgan fingerprint density at radius 2 is 1.84 bits per heavy atom.